The predicted molar refractivity (Wildman–Crippen MR) is 135 cm³/mol. The van der Waals surface area contributed by atoms with Crippen LogP contribution >= 0.6 is 11.6 Å². The van der Waals surface area contributed by atoms with Gasteiger partial charge in [-0.25, -0.2) is 13.2 Å². The van der Waals surface area contributed by atoms with E-state index in [4.69, 9.17) is 16.3 Å². The fourth-order valence-electron chi connectivity index (χ4n) is 4.90. The van der Waals surface area contributed by atoms with Gasteiger partial charge in [-0.15, -0.1) is 0 Å². The lowest BCUT2D eigenvalue weighted by Crippen LogP contribution is -2.44. The largest absolute Gasteiger partial charge is 0.497 e. The maximum absolute atomic E-state index is 15.7. The SMILES string of the molecule is COc1ccc2ncc(Cl)c([C@H](F)CCC3([C@@H](O)CC#Cc4ccc(F)cc4F)CCNCC3)c2c1. The molecule has 1 aromatic heterocycles. The van der Waals surface area contributed by atoms with Crippen LogP contribution in [0.2, 0.25) is 5.02 Å². The molecule has 4 nitrogen and oxygen atoms in total. The minimum absolute atomic E-state index is 0.0708. The quantitative estimate of drug-likeness (QED) is 0.370. The number of rotatable bonds is 7. The summed E-state index contributed by atoms with van der Waals surface area (Å²) >= 11 is 6.39. The lowest BCUT2D eigenvalue weighted by Gasteiger charge is -2.41. The monoisotopic (exact) mass is 516 g/mol. The van der Waals surface area contributed by atoms with Crippen molar-refractivity contribution in [2.24, 2.45) is 5.41 Å². The van der Waals surface area contributed by atoms with Crippen molar-refractivity contribution in [1.29, 1.82) is 0 Å². The number of alkyl halides is 1. The molecule has 36 heavy (non-hydrogen) atoms. The molecule has 0 unspecified atom stereocenters. The summed E-state index contributed by atoms with van der Waals surface area (Å²) in [6.45, 7) is 1.40. The van der Waals surface area contributed by atoms with Crippen LogP contribution in [0.3, 0.4) is 0 Å². The van der Waals surface area contributed by atoms with Gasteiger partial charge in [-0.05, 0) is 74.5 Å². The number of piperidine rings is 1. The van der Waals surface area contributed by atoms with Crippen molar-refractivity contribution < 1.29 is 23.0 Å². The Bertz CT molecular complexity index is 1290. The summed E-state index contributed by atoms with van der Waals surface area (Å²) in [5, 5.41) is 15.3. The first kappa shape index (κ1) is 26.3. The van der Waals surface area contributed by atoms with E-state index in [2.05, 4.69) is 22.1 Å². The second-order valence-corrected chi connectivity index (χ2v) is 9.57. The highest BCUT2D eigenvalue weighted by Gasteiger charge is 2.39. The van der Waals surface area contributed by atoms with Crippen LogP contribution in [0.4, 0.5) is 13.2 Å². The summed E-state index contributed by atoms with van der Waals surface area (Å²) in [5.74, 6) is 4.68. The normalized spacial score (nSPS) is 16.7. The van der Waals surface area contributed by atoms with E-state index in [9.17, 15) is 13.9 Å². The number of aliphatic hydroxyl groups excluding tert-OH is 1. The zero-order valence-electron chi connectivity index (χ0n) is 20.0. The molecule has 0 aliphatic carbocycles. The second kappa shape index (κ2) is 11.5. The second-order valence-electron chi connectivity index (χ2n) is 9.17. The van der Waals surface area contributed by atoms with E-state index in [1.807, 2.05) is 0 Å². The third kappa shape index (κ3) is 5.78. The van der Waals surface area contributed by atoms with E-state index in [0.717, 1.165) is 12.1 Å². The molecule has 2 atom stereocenters. The number of halogens is 4. The Labute approximate surface area is 213 Å². The highest BCUT2D eigenvalue weighted by atomic mass is 35.5. The van der Waals surface area contributed by atoms with Crippen LogP contribution in [0.15, 0.2) is 42.6 Å². The molecular weight excluding hydrogens is 489 g/mol. The van der Waals surface area contributed by atoms with Crippen LogP contribution in [0, 0.1) is 28.9 Å². The average Bonchev–Trinajstić information content (AvgIpc) is 2.88. The predicted octanol–water partition coefficient (Wildman–Crippen LogP) is 6.14. The standard InChI is InChI=1S/C28H28ClF3N2O2/c1-36-20-7-8-25-21(16-20)27(22(29)17-34-25)23(31)9-10-28(11-13-33-14-12-28)26(35)4-2-3-18-5-6-19(30)15-24(18)32/h5-8,15-17,23,26,33,35H,4,9-14H2,1H3/t23-,26+/m1/s1. The van der Waals surface area contributed by atoms with Gasteiger partial charge in [0.2, 0.25) is 0 Å². The van der Waals surface area contributed by atoms with Gasteiger partial charge in [-0.2, -0.15) is 0 Å². The molecule has 3 aromatic rings. The lowest BCUT2D eigenvalue weighted by atomic mass is 9.69. The molecule has 0 amide bonds. The Morgan fingerprint density at radius 1 is 1.19 bits per heavy atom. The number of hydrogen-bond acceptors (Lipinski definition) is 4. The minimum atomic E-state index is -1.37. The molecule has 4 rings (SSSR count). The minimum Gasteiger partial charge on any atom is -0.497 e. The van der Waals surface area contributed by atoms with Crippen LogP contribution < -0.4 is 10.1 Å². The molecule has 0 bridgehead atoms. The number of methoxy groups -OCH3 is 1. The number of aromatic nitrogens is 1. The van der Waals surface area contributed by atoms with Crippen molar-refractivity contribution in [2.75, 3.05) is 20.2 Å². The van der Waals surface area contributed by atoms with Crippen LogP contribution in [-0.2, 0) is 0 Å². The Kier molecular flexibility index (Phi) is 8.40. The molecule has 1 aliphatic rings. The lowest BCUT2D eigenvalue weighted by molar-refractivity contribution is -0.00763. The first-order valence-electron chi connectivity index (χ1n) is 11.9. The van der Waals surface area contributed by atoms with E-state index in [-0.39, 0.29) is 23.4 Å². The van der Waals surface area contributed by atoms with Gasteiger partial charge in [-0.3, -0.25) is 4.98 Å². The molecule has 0 spiro atoms. The number of ether oxygens (including phenoxy) is 1. The number of benzene rings is 2. The van der Waals surface area contributed by atoms with Gasteiger partial charge in [0, 0.05) is 29.6 Å². The number of fused-ring (bicyclic) bond motifs is 1. The highest BCUT2D eigenvalue weighted by Crippen LogP contribution is 2.43. The van der Waals surface area contributed by atoms with Crippen LogP contribution in [0.25, 0.3) is 10.9 Å². The summed E-state index contributed by atoms with van der Waals surface area (Å²) in [4.78, 5) is 4.30. The van der Waals surface area contributed by atoms with E-state index in [1.165, 1.54) is 12.3 Å². The molecule has 8 heteroatoms. The van der Waals surface area contributed by atoms with Crippen molar-refractivity contribution in [3.05, 3.63) is 70.4 Å². The molecule has 1 aliphatic heterocycles. The number of pyridine rings is 1. The molecule has 0 saturated carbocycles. The van der Waals surface area contributed by atoms with Gasteiger partial charge in [0.1, 0.15) is 23.6 Å². The zero-order valence-corrected chi connectivity index (χ0v) is 20.7. The number of aliphatic hydroxyl groups is 1. The third-order valence-corrected chi connectivity index (χ3v) is 7.33. The number of nitrogens with one attached hydrogen (secondary N) is 1. The van der Waals surface area contributed by atoms with E-state index < -0.39 is 29.3 Å². The van der Waals surface area contributed by atoms with Crippen molar-refractivity contribution in [1.82, 2.24) is 10.3 Å². The molecule has 2 heterocycles. The van der Waals surface area contributed by atoms with Gasteiger partial charge < -0.3 is 15.2 Å². The number of nitrogens with zero attached hydrogens (tertiary/aromatic N) is 1. The Morgan fingerprint density at radius 3 is 2.69 bits per heavy atom. The Morgan fingerprint density at radius 2 is 1.97 bits per heavy atom. The molecule has 1 fully saturated rings. The van der Waals surface area contributed by atoms with Gasteiger partial charge in [0.15, 0.2) is 0 Å². The zero-order chi connectivity index (χ0) is 25.7. The molecular formula is C28H28ClF3N2O2. The highest BCUT2D eigenvalue weighted by molar-refractivity contribution is 6.32. The van der Waals surface area contributed by atoms with Crippen molar-refractivity contribution in [3.8, 4) is 17.6 Å². The van der Waals surface area contributed by atoms with Gasteiger partial charge in [0.05, 0.1) is 29.3 Å². The van der Waals surface area contributed by atoms with Gasteiger partial charge in [-0.1, -0.05) is 23.4 Å². The first-order valence-corrected chi connectivity index (χ1v) is 12.3. The molecule has 1 saturated heterocycles. The van der Waals surface area contributed by atoms with Crippen molar-refractivity contribution in [3.63, 3.8) is 0 Å². The van der Waals surface area contributed by atoms with E-state index in [0.29, 0.717) is 54.6 Å². The van der Waals surface area contributed by atoms with Gasteiger partial charge >= 0.3 is 0 Å². The first-order chi connectivity index (χ1) is 17.3. The van der Waals surface area contributed by atoms with Crippen LogP contribution in [0.1, 0.15) is 49.4 Å². The van der Waals surface area contributed by atoms with E-state index >= 15 is 4.39 Å². The smallest absolute Gasteiger partial charge is 0.141 e. The molecule has 190 valence electrons. The Hall–Kier alpha value is -2.79. The summed E-state index contributed by atoms with van der Waals surface area (Å²) in [7, 11) is 1.54. The summed E-state index contributed by atoms with van der Waals surface area (Å²) in [6, 6.07) is 8.45. The van der Waals surface area contributed by atoms with Crippen LogP contribution in [0.5, 0.6) is 5.75 Å². The maximum Gasteiger partial charge on any atom is 0.141 e. The number of hydrogen-bond donors (Lipinski definition) is 2. The van der Waals surface area contributed by atoms with Gasteiger partial charge in [0.25, 0.3) is 0 Å². The summed E-state index contributed by atoms with van der Waals surface area (Å²) in [5.41, 5.74) is 0.517. The molecule has 0 radical (unpaired) electrons. The molecule has 2 aromatic carbocycles. The topological polar surface area (TPSA) is 54.4 Å². The summed E-state index contributed by atoms with van der Waals surface area (Å²) < 4.78 is 48.1. The molecule has 2 N–H and O–H groups in total. The third-order valence-electron chi connectivity index (χ3n) is 7.03. The van der Waals surface area contributed by atoms with E-state index in [1.54, 1.807) is 25.3 Å². The average molecular weight is 517 g/mol. The fourth-order valence-corrected chi connectivity index (χ4v) is 5.17. The van der Waals surface area contributed by atoms with Crippen molar-refractivity contribution in [2.45, 2.75) is 44.4 Å². The van der Waals surface area contributed by atoms with Crippen molar-refractivity contribution >= 4 is 22.5 Å². The fraction of sp³-hybridized carbons (Fsp3) is 0.393. The Balaban J connectivity index is 1.52. The maximum atomic E-state index is 15.7. The van der Waals surface area contributed by atoms with Crippen LogP contribution in [-0.4, -0.2) is 36.4 Å². The summed E-state index contributed by atoms with van der Waals surface area (Å²) in [6.07, 6.45) is 1.27.